The standard InChI is InChI=1S/C25H33N3O6/c1-32-20-7-5-19(6-8-20)23(30)28-21(24(31)27-13-15-33-16-14-27)17-34-25(28)9-11-26(12-10-25)22(29)18-3-2-4-18/h5-8,18,21H,2-4,9-17H2,1H3/t21-/m0/s1. The van der Waals surface area contributed by atoms with E-state index in [-0.39, 0.29) is 30.2 Å². The summed E-state index contributed by atoms with van der Waals surface area (Å²) in [6, 6.07) is 6.24. The van der Waals surface area contributed by atoms with Gasteiger partial charge in [0.2, 0.25) is 11.8 Å². The van der Waals surface area contributed by atoms with Gasteiger partial charge in [0.05, 0.1) is 26.9 Å². The maximum atomic E-state index is 13.8. The van der Waals surface area contributed by atoms with Gasteiger partial charge in [-0.1, -0.05) is 6.42 Å². The molecule has 1 atom stereocenters. The molecule has 0 unspecified atom stereocenters. The highest BCUT2D eigenvalue weighted by Crippen LogP contribution is 2.40. The summed E-state index contributed by atoms with van der Waals surface area (Å²) in [5.41, 5.74) is -0.404. The Morgan fingerprint density at radius 1 is 0.941 bits per heavy atom. The lowest BCUT2D eigenvalue weighted by Crippen LogP contribution is -2.61. The first-order valence-corrected chi connectivity index (χ1v) is 12.3. The topological polar surface area (TPSA) is 88.6 Å². The molecule has 9 nitrogen and oxygen atoms in total. The van der Waals surface area contributed by atoms with E-state index in [4.69, 9.17) is 14.2 Å². The Labute approximate surface area is 199 Å². The molecule has 3 aliphatic heterocycles. The fraction of sp³-hybridized carbons (Fsp3) is 0.640. The van der Waals surface area contributed by atoms with Gasteiger partial charge in [-0.05, 0) is 37.1 Å². The molecule has 9 heteroatoms. The number of hydrogen-bond acceptors (Lipinski definition) is 6. The average Bonchev–Trinajstić information content (AvgIpc) is 3.21. The molecule has 3 saturated heterocycles. The van der Waals surface area contributed by atoms with Gasteiger partial charge in [0.25, 0.3) is 5.91 Å². The predicted molar refractivity (Wildman–Crippen MR) is 122 cm³/mol. The minimum Gasteiger partial charge on any atom is -0.497 e. The zero-order valence-corrected chi connectivity index (χ0v) is 19.7. The van der Waals surface area contributed by atoms with Crippen molar-refractivity contribution in [1.82, 2.24) is 14.7 Å². The summed E-state index contributed by atoms with van der Waals surface area (Å²) in [5.74, 6) is 0.688. The summed E-state index contributed by atoms with van der Waals surface area (Å²) in [5, 5.41) is 0. The van der Waals surface area contributed by atoms with Crippen molar-refractivity contribution in [2.45, 2.75) is 43.9 Å². The summed E-state index contributed by atoms with van der Waals surface area (Å²) >= 11 is 0. The van der Waals surface area contributed by atoms with Crippen molar-refractivity contribution in [1.29, 1.82) is 0 Å². The van der Waals surface area contributed by atoms with E-state index >= 15 is 0 Å². The lowest BCUT2D eigenvalue weighted by atomic mass is 9.83. The van der Waals surface area contributed by atoms with Gasteiger partial charge in [-0.3, -0.25) is 19.3 Å². The van der Waals surface area contributed by atoms with Crippen LogP contribution in [0.15, 0.2) is 24.3 Å². The Hall–Kier alpha value is -2.65. The van der Waals surface area contributed by atoms with E-state index in [0.29, 0.717) is 63.5 Å². The third-order valence-corrected chi connectivity index (χ3v) is 7.73. The van der Waals surface area contributed by atoms with Crippen LogP contribution in [0.25, 0.3) is 0 Å². The summed E-state index contributed by atoms with van der Waals surface area (Å²) < 4.78 is 16.9. The van der Waals surface area contributed by atoms with Crippen LogP contribution in [0, 0.1) is 5.92 Å². The number of benzene rings is 1. The van der Waals surface area contributed by atoms with E-state index in [9.17, 15) is 14.4 Å². The maximum Gasteiger partial charge on any atom is 0.256 e. The van der Waals surface area contributed by atoms with Crippen LogP contribution in [-0.4, -0.2) is 97.3 Å². The molecule has 34 heavy (non-hydrogen) atoms. The second kappa shape index (κ2) is 9.54. The largest absolute Gasteiger partial charge is 0.497 e. The second-order valence-electron chi connectivity index (χ2n) is 9.57. The molecule has 1 saturated carbocycles. The van der Waals surface area contributed by atoms with Crippen molar-refractivity contribution >= 4 is 17.7 Å². The third-order valence-electron chi connectivity index (χ3n) is 7.73. The fourth-order valence-electron chi connectivity index (χ4n) is 5.41. The van der Waals surface area contributed by atoms with Crippen molar-refractivity contribution in [2.24, 2.45) is 5.92 Å². The monoisotopic (exact) mass is 471 g/mol. The van der Waals surface area contributed by atoms with Gasteiger partial charge in [0, 0.05) is 50.5 Å². The number of morpholine rings is 1. The van der Waals surface area contributed by atoms with Crippen molar-refractivity contribution in [2.75, 3.05) is 53.1 Å². The van der Waals surface area contributed by atoms with Crippen LogP contribution >= 0.6 is 0 Å². The summed E-state index contributed by atoms with van der Waals surface area (Å²) in [6.07, 6.45) is 4.05. The molecule has 1 aliphatic carbocycles. The van der Waals surface area contributed by atoms with E-state index in [2.05, 4.69) is 0 Å². The number of methoxy groups -OCH3 is 1. The smallest absolute Gasteiger partial charge is 0.256 e. The molecule has 0 radical (unpaired) electrons. The molecular formula is C25H33N3O6. The van der Waals surface area contributed by atoms with Crippen molar-refractivity contribution in [3.05, 3.63) is 29.8 Å². The molecule has 0 bridgehead atoms. The van der Waals surface area contributed by atoms with Crippen molar-refractivity contribution in [3.8, 4) is 5.75 Å². The number of likely N-dealkylation sites (tertiary alicyclic amines) is 1. The van der Waals surface area contributed by atoms with Crippen LogP contribution < -0.4 is 4.74 Å². The quantitative estimate of drug-likeness (QED) is 0.662. The Morgan fingerprint density at radius 2 is 1.59 bits per heavy atom. The van der Waals surface area contributed by atoms with Gasteiger partial charge in [0.15, 0.2) is 0 Å². The first-order chi connectivity index (χ1) is 16.5. The van der Waals surface area contributed by atoms with Crippen molar-refractivity contribution in [3.63, 3.8) is 0 Å². The zero-order chi connectivity index (χ0) is 23.7. The minimum absolute atomic E-state index is 0.102. The average molecular weight is 472 g/mol. The van der Waals surface area contributed by atoms with E-state index in [1.165, 1.54) is 0 Å². The fourth-order valence-corrected chi connectivity index (χ4v) is 5.41. The number of ether oxygens (including phenoxy) is 3. The second-order valence-corrected chi connectivity index (χ2v) is 9.57. The number of carbonyl (C=O) groups is 3. The molecule has 3 heterocycles. The van der Waals surface area contributed by atoms with Gasteiger partial charge in [0.1, 0.15) is 17.5 Å². The van der Waals surface area contributed by atoms with E-state index in [0.717, 1.165) is 19.3 Å². The SMILES string of the molecule is COc1ccc(C(=O)N2[C@H](C(=O)N3CCOCC3)COC23CCN(C(=O)C2CCC2)CC3)cc1. The minimum atomic E-state index is -0.889. The molecule has 1 aromatic carbocycles. The van der Waals surface area contributed by atoms with Crippen LogP contribution in [0.4, 0.5) is 0 Å². The van der Waals surface area contributed by atoms with Crippen LogP contribution in [-0.2, 0) is 19.1 Å². The molecule has 0 N–H and O–H groups in total. The predicted octanol–water partition coefficient (Wildman–Crippen LogP) is 1.51. The summed E-state index contributed by atoms with van der Waals surface area (Å²) in [4.78, 5) is 45.4. The van der Waals surface area contributed by atoms with Gasteiger partial charge < -0.3 is 24.0 Å². The lowest BCUT2D eigenvalue weighted by Gasteiger charge is -2.46. The molecule has 4 aliphatic rings. The molecule has 5 rings (SSSR count). The molecular weight excluding hydrogens is 438 g/mol. The Kier molecular flexibility index (Phi) is 6.48. The van der Waals surface area contributed by atoms with Crippen LogP contribution in [0.1, 0.15) is 42.5 Å². The highest BCUT2D eigenvalue weighted by molar-refractivity contribution is 5.98. The molecule has 184 valence electrons. The van der Waals surface area contributed by atoms with Gasteiger partial charge in [-0.25, -0.2) is 0 Å². The first kappa shape index (κ1) is 23.1. The van der Waals surface area contributed by atoms with Gasteiger partial charge >= 0.3 is 0 Å². The number of nitrogens with zero attached hydrogens (tertiary/aromatic N) is 3. The Morgan fingerprint density at radius 3 is 2.18 bits per heavy atom. The van der Waals surface area contributed by atoms with Crippen LogP contribution in [0.5, 0.6) is 5.75 Å². The number of carbonyl (C=O) groups excluding carboxylic acids is 3. The van der Waals surface area contributed by atoms with Crippen LogP contribution in [0.3, 0.4) is 0 Å². The highest BCUT2D eigenvalue weighted by atomic mass is 16.5. The van der Waals surface area contributed by atoms with E-state index < -0.39 is 11.8 Å². The molecule has 4 fully saturated rings. The molecule has 1 aromatic rings. The van der Waals surface area contributed by atoms with E-state index in [1.54, 1.807) is 41.2 Å². The maximum absolute atomic E-state index is 13.8. The number of amides is 3. The van der Waals surface area contributed by atoms with Crippen LogP contribution in [0.2, 0.25) is 0 Å². The first-order valence-electron chi connectivity index (χ1n) is 12.3. The summed E-state index contributed by atoms with van der Waals surface area (Å²) in [7, 11) is 1.58. The Balaban J connectivity index is 1.39. The lowest BCUT2D eigenvalue weighted by molar-refractivity contribution is -0.150. The number of rotatable bonds is 4. The third kappa shape index (κ3) is 4.15. The summed E-state index contributed by atoms with van der Waals surface area (Å²) in [6.45, 7) is 3.23. The normalized spacial score (nSPS) is 24.7. The van der Waals surface area contributed by atoms with E-state index in [1.807, 2.05) is 4.90 Å². The number of hydrogen-bond donors (Lipinski definition) is 0. The number of piperidine rings is 1. The molecule has 3 amide bonds. The zero-order valence-electron chi connectivity index (χ0n) is 19.7. The van der Waals surface area contributed by atoms with Gasteiger partial charge in [-0.15, -0.1) is 0 Å². The highest BCUT2D eigenvalue weighted by Gasteiger charge is 2.55. The molecule has 0 aromatic heterocycles. The van der Waals surface area contributed by atoms with Gasteiger partial charge in [-0.2, -0.15) is 0 Å². The Bertz CT molecular complexity index is 917. The molecule has 1 spiro atoms. The van der Waals surface area contributed by atoms with Crippen molar-refractivity contribution < 1.29 is 28.6 Å².